The van der Waals surface area contributed by atoms with Gasteiger partial charge in [0.25, 0.3) is 0 Å². The smallest absolute Gasteiger partial charge is 0.0468 e. The minimum atomic E-state index is 1.11. The highest BCUT2D eigenvalue weighted by molar-refractivity contribution is 5.90. The summed E-state index contributed by atoms with van der Waals surface area (Å²) in [6, 6.07) is 62.7. The molecule has 0 amide bonds. The first-order valence-electron chi connectivity index (χ1n) is 14.7. The van der Waals surface area contributed by atoms with Gasteiger partial charge >= 0.3 is 0 Å². The molecule has 0 radical (unpaired) electrons. The summed E-state index contributed by atoms with van der Waals surface area (Å²) < 4.78 is 0. The van der Waals surface area contributed by atoms with Crippen molar-refractivity contribution in [3.8, 4) is 22.3 Å². The van der Waals surface area contributed by atoms with E-state index in [0.717, 1.165) is 28.4 Å². The molecule has 0 aliphatic carbocycles. The molecule has 0 spiro atoms. The van der Waals surface area contributed by atoms with Crippen LogP contribution in [0.15, 0.2) is 176 Å². The summed E-state index contributed by atoms with van der Waals surface area (Å²) >= 11 is 0. The number of rotatable bonds is 7. The standard InChI is InChI=1S/C41H32N2/c1-42(37-22-19-34(20-23-37)31-11-4-2-5-12-31)38-25-27-39(28-26-38)43(41-24-21-33-15-8-9-16-35(33)30-41)40-18-10-17-36(29-40)32-13-6-3-7-14-32/h2-30H,1H3. The lowest BCUT2D eigenvalue weighted by Gasteiger charge is -2.27. The summed E-state index contributed by atoms with van der Waals surface area (Å²) in [7, 11) is 2.12. The van der Waals surface area contributed by atoms with Crippen LogP contribution in [0.25, 0.3) is 33.0 Å². The van der Waals surface area contributed by atoms with E-state index in [9.17, 15) is 0 Å². The van der Waals surface area contributed by atoms with Crippen molar-refractivity contribution in [1.82, 2.24) is 0 Å². The van der Waals surface area contributed by atoms with Crippen LogP contribution in [-0.4, -0.2) is 7.05 Å². The Morgan fingerprint density at radius 2 is 0.767 bits per heavy atom. The van der Waals surface area contributed by atoms with Crippen molar-refractivity contribution in [1.29, 1.82) is 0 Å². The van der Waals surface area contributed by atoms with Gasteiger partial charge in [0.05, 0.1) is 0 Å². The molecule has 0 bridgehead atoms. The molecule has 0 saturated heterocycles. The van der Waals surface area contributed by atoms with Crippen LogP contribution >= 0.6 is 0 Å². The number of benzene rings is 7. The second-order valence-electron chi connectivity index (χ2n) is 10.8. The van der Waals surface area contributed by atoms with Crippen LogP contribution in [0.4, 0.5) is 28.4 Å². The second-order valence-corrected chi connectivity index (χ2v) is 10.8. The fourth-order valence-corrected chi connectivity index (χ4v) is 5.70. The van der Waals surface area contributed by atoms with Crippen LogP contribution < -0.4 is 9.80 Å². The van der Waals surface area contributed by atoms with E-state index in [4.69, 9.17) is 0 Å². The number of hydrogen-bond donors (Lipinski definition) is 0. The largest absolute Gasteiger partial charge is 0.345 e. The van der Waals surface area contributed by atoms with Crippen molar-refractivity contribution >= 4 is 39.2 Å². The van der Waals surface area contributed by atoms with Gasteiger partial charge in [0, 0.05) is 35.5 Å². The maximum absolute atomic E-state index is 2.34. The Hall–Kier alpha value is -5.60. The van der Waals surface area contributed by atoms with Crippen LogP contribution in [0.3, 0.4) is 0 Å². The molecule has 0 saturated carbocycles. The summed E-state index contributed by atoms with van der Waals surface area (Å²) in [5, 5.41) is 2.46. The lowest BCUT2D eigenvalue weighted by Crippen LogP contribution is -2.12. The molecule has 7 aromatic carbocycles. The number of nitrogens with zero attached hydrogens (tertiary/aromatic N) is 2. The average Bonchev–Trinajstić information content (AvgIpc) is 3.09. The molecule has 43 heavy (non-hydrogen) atoms. The summed E-state index contributed by atoms with van der Waals surface area (Å²) in [5.74, 6) is 0. The first kappa shape index (κ1) is 26.3. The molecule has 0 heterocycles. The van der Waals surface area contributed by atoms with Crippen LogP contribution in [-0.2, 0) is 0 Å². The number of fused-ring (bicyclic) bond motifs is 1. The fourth-order valence-electron chi connectivity index (χ4n) is 5.70. The van der Waals surface area contributed by atoms with E-state index in [1.54, 1.807) is 0 Å². The van der Waals surface area contributed by atoms with E-state index in [1.165, 1.54) is 33.0 Å². The van der Waals surface area contributed by atoms with Crippen molar-refractivity contribution in [2.75, 3.05) is 16.8 Å². The van der Waals surface area contributed by atoms with Crippen molar-refractivity contribution < 1.29 is 0 Å². The van der Waals surface area contributed by atoms with Gasteiger partial charge in [-0.1, -0.05) is 115 Å². The Morgan fingerprint density at radius 1 is 0.302 bits per heavy atom. The highest BCUT2D eigenvalue weighted by Crippen LogP contribution is 2.39. The molecule has 206 valence electrons. The Balaban J connectivity index is 1.24. The van der Waals surface area contributed by atoms with Gasteiger partial charge in [0.2, 0.25) is 0 Å². The Labute approximate surface area is 253 Å². The van der Waals surface area contributed by atoms with Crippen LogP contribution in [0.2, 0.25) is 0 Å². The lowest BCUT2D eigenvalue weighted by atomic mass is 10.0. The van der Waals surface area contributed by atoms with Crippen LogP contribution in [0, 0.1) is 0 Å². The molecular formula is C41H32N2. The van der Waals surface area contributed by atoms with E-state index in [1.807, 2.05) is 0 Å². The zero-order valence-electron chi connectivity index (χ0n) is 24.1. The van der Waals surface area contributed by atoms with Gasteiger partial charge in [-0.2, -0.15) is 0 Å². The third-order valence-electron chi connectivity index (χ3n) is 8.06. The Kier molecular flexibility index (Phi) is 7.17. The monoisotopic (exact) mass is 552 g/mol. The molecule has 7 aromatic rings. The van der Waals surface area contributed by atoms with E-state index in [2.05, 4.69) is 193 Å². The first-order chi connectivity index (χ1) is 21.2. The van der Waals surface area contributed by atoms with Gasteiger partial charge in [-0.15, -0.1) is 0 Å². The topological polar surface area (TPSA) is 6.48 Å². The van der Waals surface area contributed by atoms with Crippen molar-refractivity contribution in [2.45, 2.75) is 0 Å². The third-order valence-corrected chi connectivity index (χ3v) is 8.06. The van der Waals surface area contributed by atoms with E-state index in [0.29, 0.717) is 0 Å². The zero-order valence-corrected chi connectivity index (χ0v) is 24.1. The third kappa shape index (κ3) is 5.51. The van der Waals surface area contributed by atoms with E-state index in [-0.39, 0.29) is 0 Å². The SMILES string of the molecule is CN(c1ccc(-c2ccccc2)cc1)c1ccc(N(c2cccc(-c3ccccc3)c2)c2ccc3ccccc3c2)cc1. The molecule has 0 aliphatic heterocycles. The highest BCUT2D eigenvalue weighted by Gasteiger charge is 2.15. The van der Waals surface area contributed by atoms with Crippen LogP contribution in [0.5, 0.6) is 0 Å². The fraction of sp³-hybridized carbons (Fsp3) is 0.0244. The van der Waals surface area contributed by atoms with Crippen LogP contribution in [0.1, 0.15) is 0 Å². The molecule has 2 nitrogen and oxygen atoms in total. The second kappa shape index (κ2) is 11.7. The summed E-state index contributed by atoms with van der Waals surface area (Å²) in [4.78, 5) is 4.58. The normalized spacial score (nSPS) is 10.9. The Bertz CT molecular complexity index is 1960. The maximum atomic E-state index is 2.34. The lowest BCUT2D eigenvalue weighted by molar-refractivity contribution is 1.20. The minimum Gasteiger partial charge on any atom is -0.345 e. The van der Waals surface area contributed by atoms with Gasteiger partial charge in [-0.05, 0) is 93.7 Å². The predicted molar refractivity (Wildman–Crippen MR) is 184 cm³/mol. The van der Waals surface area contributed by atoms with Gasteiger partial charge in [0.15, 0.2) is 0 Å². The van der Waals surface area contributed by atoms with Gasteiger partial charge in [0.1, 0.15) is 0 Å². The minimum absolute atomic E-state index is 1.11. The summed E-state index contributed by atoms with van der Waals surface area (Å²) in [6.45, 7) is 0. The first-order valence-corrected chi connectivity index (χ1v) is 14.7. The summed E-state index contributed by atoms with van der Waals surface area (Å²) in [5.41, 5.74) is 10.5. The molecule has 2 heteroatoms. The van der Waals surface area contributed by atoms with E-state index < -0.39 is 0 Å². The number of hydrogen-bond acceptors (Lipinski definition) is 2. The Morgan fingerprint density at radius 3 is 1.44 bits per heavy atom. The molecule has 0 N–H and O–H groups in total. The predicted octanol–water partition coefficient (Wildman–Crippen LogP) is 11.4. The molecule has 7 rings (SSSR count). The molecule has 0 unspecified atom stereocenters. The van der Waals surface area contributed by atoms with Gasteiger partial charge < -0.3 is 9.80 Å². The summed E-state index contributed by atoms with van der Waals surface area (Å²) in [6.07, 6.45) is 0. The molecule has 0 atom stereocenters. The quantitative estimate of drug-likeness (QED) is 0.194. The van der Waals surface area contributed by atoms with Crippen molar-refractivity contribution in [2.24, 2.45) is 0 Å². The molecule has 0 fully saturated rings. The average molecular weight is 553 g/mol. The van der Waals surface area contributed by atoms with Crippen molar-refractivity contribution in [3.63, 3.8) is 0 Å². The highest BCUT2D eigenvalue weighted by atomic mass is 15.1. The molecular weight excluding hydrogens is 520 g/mol. The van der Waals surface area contributed by atoms with Gasteiger partial charge in [-0.3, -0.25) is 0 Å². The molecule has 0 aromatic heterocycles. The zero-order chi connectivity index (χ0) is 29.0. The number of anilines is 5. The van der Waals surface area contributed by atoms with Crippen molar-refractivity contribution in [3.05, 3.63) is 176 Å². The van der Waals surface area contributed by atoms with E-state index >= 15 is 0 Å². The van der Waals surface area contributed by atoms with Gasteiger partial charge in [-0.25, -0.2) is 0 Å². The molecule has 0 aliphatic rings. The maximum Gasteiger partial charge on any atom is 0.0468 e.